The second-order valence-corrected chi connectivity index (χ2v) is 5.65. The zero-order valence-electron chi connectivity index (χ0n) is 11.5. The van der Waals surface area contributed by atoms with Gasteiger partial charge in [0.25, 0.3) is 0 Å². The maximum absolute atomic E-state index is 13.1. The predicted molar refractivity (Wildman–Crippen MR) is 80.1 cm³/mol. The highest BCUT2D eigenvalue weighted by Crippen LogP contribution is 2.17. The normalized spacial score (nSPS) is 10.4. The minimum absolute atomic E-state index is 0.119. The summed E-state index contributed by atoms with van der Waals surface area (Å²) in [7, 11) is 0. The molecule has 0 aromatic heterocycles. The lowest BCUT2D eigenvalue weighted by molar-refractivity contribution is -0.118. The van der Waals surface area contributed by atoms with Gasteiger partial charge in [-0.2, -0.15) is 0 Å². The van der Waals surface area contributed by atoms with Crippen molar-refractivity contribution in [3.8, 4) is 0 Å². The summed E-state index contributed by atoms with van der Waals surface area (Å²) in [5.74, 6) is -0.412. The van der Waals surface area contributed by atoms with Crippen LogP contribution in [0.4, 0.5) is 8.78 Å². The van der Waals surface area contributed by atoms with Gasteiger partial charge in [-0.05, 0) is 48.4 Å². The van der Waals surface area contributed by atoms with Crippen LogP contribution in [0.15, 0.2) is 47.4 Å². The van der Waals surface area contributed by atoms with Crippen LogP contribution in [0.3, 0.4) is 0 Å². The molecule has 110 valence electrons. The molecule has 2 aromatic carbocycles. The van der Waals surface area contributed by atoms with Gasteiger partial charge in [0.1, 0.15) is 11.6 Å². The van der Waals surface area contributed by atoms with Gasteiger partial charge in [-0.25, -0.2) is 8.78 Å². The van der Waals surface area contributed by atoms with E-state index in [1.54, 1.807) is 31.2 Å². The minimum atomic E-state index is -0.296. The van der Waals surface area contributed by atoms with Crippen LogP contribution in [0.25, 0.3) is 0 Å². The lowest BCUT2D eigenvalue weighted by atomic mass is 10.1. The van der Waals surface area contributed by atoms with E-state index in [-0.39, 0.29) is 23.3 Å². The Morgan fingerprint density at radius 2 is 1.86 bits per heavy atom. The Kier molecular flexibility index (Phi) is 5.33. The first kappa shape index (κ1) is 15.5. The second-order valence-electron chi connectivity index (χ2n) is 4.60. The van der Waals surface area contributed by atoms with Gasteiger partial charge in [0.2, 0.25) is 5.91 Å². The fourth-order valence-corrected chi connectivity index (χ4v) is 2.48. The van der Waals surface area contributed by atoms with Crippen molar-refractivity contribution < 1.29 is 13.6 Å². The number of amides is 1. The number of carbonyl (C=O) groups excluding carboxylic acids is 1. The number of thioether (sulfide) groups is 1. The minimum Gasteiger partial charge on any atom is -0.351 e. The van der Waals surface area contributed by atoms with Crippen LogP contribution in [0, 0.1) is 18.6 Å². The van der Waals surface area contributed by atoms with E-state index in [4.69, 9.17) is 0 Å². The molecular formula is C16H15F2NOS. The third-order valence-corrected chi connectivity index (χ3v) is 3.91. The maximum Gasteiger partial charge on any atom is 0.230 e. The van der Waals surface area contributed by atoms with Crippen LogP contribution in [-0.4, -0.2) is 11.7 Å². The molecule has 2 aromatic rings. The van der Waals surface area contributed by atoms with Crippen LogP contribution in [0.1, 0.15) is 11.1 Å². The average molecular weight is 307 g/mol. The summed E-state index contributed by atoms with van der Waals surface area (Å²) in [5, 5.41) is 2.77. The number of halogens is 2. The van der Waals surface area contributed by atoms with Gasteiger partial charge in [0.05, 0.1) is 5.75 Å². The van der Waals surface area contributed by atoms with Crippen LogP contribution < -0.4 is 5.32 Å². The first-order chi connectivity index (χ1) is 10.0. The number of carbonyl (C=O) groups is 1. The quantitative estimate of drug-likeness (QED) is 0.854. The van der Waals surface area contributed by atoms with E-state index >= 15 is 0 Å². The monoisotopic (exact) mass is 307 g/mol. The molecule has 21 heavy (non-hydrogen) atoms. The summed E-state index contributed by atoms with van der Waals surface area (Å²) in [6.07, 6.45) is 0. The number of hydrogen-bond donors (Lipinski definition) is 1. The molecule has 2 rings (SSSR count). The molecule has 1 amide bonds. The second kappa shape index (κ2) is 7.22. The highest BCUT2D eigenvalue weighted by Gasteiger charge is 2.04. The van der Waals surface area contributed by atoms with E-state index in [0.29, 0.717) is 12.1 Å². The molecule has 0 fully saturated rings. The lowest BCUT2D eigenvalue weighted by Crippen LogP contribution is -2.24. The molecule has 0 atom stereocenters. The van der Waals surface area contributed by atoms with Gasteiger partial charge in [-0.3, -0.25) is 4.79 Å². The highest BCUT2D eigenvalue weighted by molar-refractivity contribution is 8.00. The smallest absolute Gasteiger partial charge is 0.230 e. The van der Waals surface area contributed by atoms with E-state index in [0.717, 1.165) is 10.5 Å². The first-order valence-electron chi connectivity index (χ1n) is 6.44. The highest BCUT2D eigenvalue weighted by atomic mass is 32.2. The molecule has 2 nitrogen and oxygen atoms in total. The SMILES string of the molecule is Cc1cc(CNC(=O)CSc2ccc(F)cc2)ccc1F. The summed E-state index contributed by atoms with van der Waals surface area (Å²) < 4.78 is 25.9. The summed E-state index contributed by atoms with van der Waals surface area (Å²) in [5.41, 5.74) is 1.41. The molecule has 0 spiro atoms. The van der Waals surface area contributed by atoms with Crippen molar-refractivity contribution >= 4 is 17.7 Å². The maximum atomic E-state index is 13.1. The van der Waals surface area contributed by atoms with Crippen molar-refractivity contribution in [1.29, 1.82) is 0 Å². The zero-order valence-corrected chi connectivity index (χ0v) is 12.3. The predicted octanol–water partition coefficient (Wildman–Crippen LogP) is 3.68. The first-order valence-corrected chi connectivity index (χ1v) is 7.43. The standard InChI is InChI=1S/C16H15F2NOS/c1-11-8-12(2-7-15(11)18)9-19-16(20)10-21-14-5-3-13(17)4-6-14/h2-8H,9-10H2,1H3,(H,19,20). The molecule has 0 aliphatic heterocycles. The van der Waals surface area contributed by atoms with Crippen LogP contribution in [0.2, 0.25) is 0 Å². The Labute approximate surface area is 126 Å². The molecule has 0 saturated carbocycles. The zero-order chi connectivity index (χ0) is 15.2. The Balaban J connectivity index is 1.79. The number of hydrogen-bond acceptors (Lipinski definition) is 2. The number of benzene rings is 2. The van der Waals surface area contributed by atoms with Crippen LogP contribution in [-0.2, 0) is 11.3 Å². The largest absolute Gasteiger partial charge is 0.351 e. The van der Waals surface area contributed by atoms with Gasteiger partial charge in [-0.1, -0.05) is 12.1 Å². The van der Waals surface area contributed by atoms with Crippen molar-refractivity contribution in [3.05, 3.63) is 65.2 Å². The van der Waals surface area contributed by atoms with Crippen molar-refractivity contribution in [2.24, 2.45) is 0 Å². The van der Waals surface area contributed by atoms with Gasteiger partial charge in [0.15, 0.2) is 0 Å². The molecule has 0 saturated heterocycles. The third kappa shape index (κ3) is 4.86. The fraction of sp³-hybridized carbons (Fsp3) is 0.188. The third-order valence-electron chi connectivity index (χ3n) is 2.90. The Morgan fingerprint density at radius 1 is 1.14 bits per heavy atom. The van der Waals surface area contributed by atoms with E-state index in [9.17, 15) is 13.6 Å². The topological polar surface area (TPSA) is 29.1 Å². The van der Waals surface area contributed by atoms with Gasteiger partial charge < -0.3 is 5.32 Å². The van der Waals surface area contributed by atoms with Gasteiger partial charge >= 0.3 is 0 Å². The Hall–Kier alpha value is -1.88. The summed E-state index contributed by atoms with van der Waals surface area (Å²) in [6.45, 7) is 2.05. The Bertz CT molecular complexity index is 629. The number of nitrogens with one attached hydrogen (secondary N) is 1. The summed E-state index contributed by atoms with van der Waals surface area (Å²) in [6, 6.07) is 10.7. The van der Waals surface area contributed by atoms with Crippen molar-refractivity contribution in [1.82, 2.24) is 5.32 Å². The van der Waals surface area contributed by atoms with Crippen LogP contribution in [0.5, 0.6) is 0 Å². The van der Waals surface area contributed by atoms with E-state index < -0.39 is 0 Å². The van der Waals surface area contributed by atoms with E-state index in [2.05, 4.69) is 5.32 Å². The summed E-state index contributed by atoms with van der Waals surface area (Å²) >= 11 is 1.34. The van der Waals surface area contributed by atoms with Gasteiger partial charge in [0, 0.05) is 11.4 Å². The van der Waals surface area contributed by atoms with E-state index in [1.165, 1.54) is 30.0 Å². The molecule has 0 aliphatic carbocycles. The number of aryl methyl sites for hydroxylation is 1. The molecule has 0 unspecified atom stereocenters. The molecule has 1 N–H and O–H groups in total. The van der Waals surface area contributed by atoms with Crippen LogP contribution >= 0.6 is 11.8 Å². The fourth-order valence-electron chi connectivity index (χ4n) is 1.75. The number of rotatable bonds is 5. The molecular weight excluding hydrogens is 292 g/mol. The molecule has 0 radical (unpaired) electrons. The Morgan fingerprint density at radius 3 is 2.52 bits per heavy atom. The van der Waals surface area contributed by atoms with Crippen molar-refractivity contribution in [2.75, 3.05) is 5.75 Å². The van der Waals surface area contributed by atoms with Crippen molar-refractivity contribution in [3.63, 3.8) is 0 Å². The average Bonchev–Trinajstić information content (AvgIpc) is 2.48. The summed E-state index contributed by atoms with van der Waals surface area (Å²) in [4.78, 5) is 12.6. The van der Waals surface area contributed by atoms with Crippen molar-refractivity contribution in [2.45, 2.75) is 18.4 Å². The molecule has 0 bridgehead atoms. The lowest BCUT2D eigenvalue weighted by Gasteiger charge is -2.06. The van der Waals surface area contributed by atoms with Gasteiger partial charge in [-0.15, -0.1) is 11.8 Å². The molecule has 0 aliphatic rings. The molecule has 0 heterocycles. The van der Waals surface area contributed by atoms with E-state index in [1.807, 2.05) is 0 Å². The molecule has 5 heteroatoms.